The Labute approximate surface area is 337 Å². The van der Waals surface area contributed by atoms with Crippen molar-refractivity contribution in [2.75, 3.05) is 40.9 Å². The first-order valence-corrected chi connectivity index (χ1v) is 22.6. The third-order valence-electron chi connectivity index (χ3n) is 8.56. The van der Waals surface area contributed by atoms with Crippen LogP contribution in [0, 0.1) is 0 Å². The van der Waals surface area contributed by atoms with Gasteiger partial charge in [-0.3, -0.25) is 13.8 Å². The lowest BCUT2D eigenvalue weighted by molar-refractivity contribution is -0.870. The zero-order chi connectivity index (χ0) is 40.7. The van der Waals surface area contributed by atoms with Gasteiger partial charge in [0.25, 0.3) is 0 Å². The molecular weight excluding hydrogens is 707 g/mol. The molecule has 0 rings (SSSR count). The van der Waals surface area contributed by atoms with E-state index in [-0.39, 0.29) is 19.1 Å². The fourth-order valence-corrected chi connectivity index (χ4v) is 5.93. The van der Waals surface area contributed by atoms with Gasteiger partial charge in [0.05, 0.1) is 39.9 Å². The van der Waals surface area contributed by atoms with E-state index in [9.17, 15) is 19.4 Å². The molecule has 3 unspecified atom stereocenters. The molecule has 0 aromatic rings. The number of aliphatic hydroxyl groups is 1. The van der Waals surface area contributed by atoms with Gasteiger partial charge in [-0.05, 0) is 77.0 Å². The topological polar surface area (TPSA) is 105 Å². The molecular formula is C46H80N2O6P+. The highest BCUT2D eigenvalue weighted by molar-refractivity contribution is 7.47. The highest BCUT2D eigenvalue weighted by Crippen LogP contribution is 2.43. The van der Waals surface area contributed by atoms with Crippen molar-refractivity contribution in [2.24, 2.45) is 0 Å². The second-order valence-corrected chi connectivity index (χ2v) is 16.4. The summed E-state index contributed by atoms with van der Waals surface area (Å²) in [7, 11) is 1.53. The van der Waals surface area contributed by atoms with Crippen molar-refractivity contribution in [3.05, 3.63) is 97.2 Å². The van der Waals surface area contributed by atoms with E-state index in [0.717, 1.165) is 109 Å². The van der Waals surface area contributed by atoms with Gasteiger partial charge in [-0.1, -0.05) is 150 Å². The van der Waals surface area contributed by atoms with Crippen molar-refractivity contribution in [2.45, 2.75) is 148 Å². The summed E-state index contributed by atoms with van der Waals surface area (Å²) in [5.74, 6) is -0.208. The van der Waals surface area contributed by atoms with E-state index >= 15 is 0 Å². The smallest absolute Gasteiger partial charge is 0.387 e. The van der Waals surface area contributed by atoms with Crippen LogP contribution in [0.25, 0.3) is 0 Å². The summed E-state index contributed by atoms with van der Waals surface area (Å²) in [6.45, 7) is 4.56. The highest BCUT2D eigenvalue weighted by Gasteiger charge is 2.27. The summed E-state index contributed by atoms with van der Waals surface area (Å²) in [6, 6.07) is -0.860. The number of hydrogen-bond acceptors (Lipinski definition) is 5. The van der Waals surface area contributed by atoms with Crippen molar-refractivity contribution in [3.8, 4) is 0 Å². The molecule has 0 aliphatic carbocycles. The van der Waals surface area contributed by atoms with Gasteiger partial charge in [-0.2, -0.15) is 0 Å². The third kappa shape index (κ3) is 39.5. The number of unbranched alkanes of at least 4 members (excludes halogenated alkanes) is 9. The number of hydrogen-bond donors (Lipinski definition) is 3. The number of amides is 1. The average molecular weight is 788 g/mol. The number of likely N-dealkylation sites (N-methyl/N-ethyl adjacent to an activating group) is 1. The van der Waals surface area contributed by atoms with Crippen LogP contribution < -0.4 is 5.32 Å². The number of nitrogens with zero attached hydrogens (tertiary/aromatic N) is 1. The molecule has 0 aliphatic heterocycles. The SMILES string of the molecule is CC/C=C\C/C=C\C/C=C\C/C=C\C/C=C\C/C=C\C/C=C\CCCCCCCC(=O)NC(COP(=O)(O)OCC[N+](C)(C)C)C(O)/C=C/CCCCCC. The summed E-state index contributed by atoms with van der Waals surface area (Å²) in [6.07, 6.45) is 52.2. The first kappa shape index (κ1) is 52.4. The lowest BCUT2D eigenvalue weighted by Gasteiger charge is -2.25. The third-order valence-corrected chi connectivity index (χ3v) is 9.54. The zero-order valence-corrected chi connectivity index (χ0v) is 36.3. The van der Waals surface area contributed by atoms with Crippen LogP contribution in [0.3, 0.4) is 0 Å². The van der Waals surface area contributed by atoms with E-state index in [1.165, 1.54) is 6.42 Å². The quantitative estimate of drug-likeness (QED) is 0.0253. The monoisotopic (exact) mass is 788 g/mol. The lowest BCUT2D eigenvalue weighted by Crippen LogP contribution is -2.45. The molecule has 3 N–H and O–H groups in total. The maximum absolute atomic E-state index is 12.8. The molecule has 9 heteroatoms. The number of aliphatic hydroxyl groups excluding tert-OH is 1. The largest absolute Gasteiger partial charge is 0.472 e. The highest BCUT2D eigenvalue weighted by atomic mass is 31.2. The summed E-state index contributed by atoms with van der Waals surface area (Å²) >= 11 is 0. The van der Waals surface area contributed by atoms with Crippen LogP contribution in [0.5, 0.6) is 0 Å². The van der Waals surface area contributed by atoms with Crippen molar-refractivity contribution < 1.29 is 32.9 Å². The lowest BCUT2D eigenvalue weighted by atomic mass is 10.1. The van der Waals surface area contributed by atoms with Gasteiger partial charge in [-0.25, -0.2) is 4.57 Å². The van der Waals surface area contributed by atoms with Gasteiger partial charge in [0, 0.05) is 6.42 Å². The van der Waals surface area contributed by atoms with Crippen LogP contribution in [0.4, 0.5) is 0 Å². The van der Waals surface area contributed by atoms with Gasteiger partial charge in [0.15, 0.2) is 0 Å². The van der Waals surface area contributed by atoms with Crippen LogP contribution >= 0.6 is 7.82 Å². The minimum atomic E-state index is -4.34. The molecule has 0 saturated heterocycles. The van der Waals surface area contributed by atoms with Crippen LogP contribution in [0.15, 0.2) is 97.2 Å². The molecule has 0 spiro atoms. The molecule has 0 aromatic carbocycles. The molecule has 0 heterocycles. The number of allylic oxidation sites excluding steroid dienone is 15. The summed E-state index contributed by atoms with van der Waals surface area (Å²) < 4.78 is 23.3. The summed E-state index contributed by atoms with van der Waals surface area (Å²) in [5, 5.41) is 13.6. The first-order valence-electron chi connectivity index (χ1n) is 21.1. The Morgan fingerprint density at radius 1 is 0.636 bits per heavy atom. The fourth-order valence-electron chi connectivity index (χ4n) is 5.19. The maximum atomic E-state index is 12.8. The number of phosphoric acid groups is 1. The molecule has 0 aromatic heterocycles. The van der Waals surface area contributed by atoms with Crippen LogP contribution in [-0.4, -0.2) is 73.4 Å². The predicted molar refractivity (Wildman–Crippen MR) is 235 cm³/mol. The van der Waals surface area contributed by atoms with Crippen LogP contribution in [-0.2, 0) is 18.4 Å². The molecule has 3 atom stereocenters. The normalized spacial score (nSPS) is 15.4. The molecule has 8 nitrogen and oxygen atoms in total. The van der Waals surface area contributed by atoms with Crippen LogP contribution in [0.2, 0.25) is 0 Å². The number of quaternary nitrogens is 1. The Morgan fingerprint density at radius 3 is 1.60 bits per heavy atom. The maximum Gasteiger partial charge on any atom is 0.472 e. The van der Waals surface area contributed by atoms with E-state index in [1.807, 2.05) is 27.2 Å². The van der Waals surface area contributed by atoms with Crippen LogP contribution in [0.1, 0.15) is 136 Å². The van der Waals surface area contributed by atoms with Crippen molar-refractivity contribution in [3.63, 3.8) is 0 Å². The molecule has 0 aliphatic rings. The minimum absolute atomic E-state index is 0.0507. The fraction of sp³-hybridized carbons (Fsp3) is 0.630. The number of carbonyl (C=O) groups is 1. The van der Waals surface area contributed by atoms with Gasteiger partial charge in [0.2, 0.25) is 5.91 Å². The standard InChI is InChI=1S/C46H79N2O6P/c1-6-8-10-12-14-15-16-17-18-19-20-21-22-23-24-25-26-27-28-29-30-31-32-33-34-36-38-40-46(50)47-44(45(49)39-37-35-13-11-9-7-2)43-54-55(51,52)53-42-41-48(3,4)5/h8,10,14-15,17-18,20-21,23-24,26-27,29-30,37,39,44-45,49H,6-7,9,11-13,16,19,22,25,28,31-36,38,40-43H2,1-5H3,(H-,47,50,51,52)/p+1/b10-8-,15-14-,18-17-,21-20-,24-23-,27-26-,30-29-,39-37+. The van der Waals surface area contributed by atoms with Gasteiger partial charge in [-0.15, -0.1) is 0 Å². The molecule has 314 valence electrons. The Hall–Kier alpha value is -2.58. The molecule has 0 saturated carbocycles. The van der Waals surface area contributed by atoms with Gasteiger partial charge >= 0.3 is 7.82 Å². The number of nitrogens with one attached hydrogen (secondary N) is 1. The molecule has 0 fully saturated rings. The molecule has 0 radical (unpaired) electrons. The summed E-state index contributed by atoms with van der Waals surface area (Å²) in [5.41, 5.74) is 0. The van der Waals surface area contributed by atoms with Crippen molar-refractivity contribution >= 4 is 13.7 Å². The van der Waals surface area contributed by atoms with E-state index in [0.29, 0.717) is 17.4 Å². The zero-order valence-electron chi connectivity index (χ0n) is 35.4. The Morgan fingerprint density at radius 2 is 1.09 bits per heavy atom. The molecule has 1 amide bonds. The van der Waals surface area contributed by atoms with Crippen molar-refractivity contribution in [1.82, 2.24) is 5.32 Å². The number of carbonyl (C=O) groups excluding carboxylic acids is 1. The molecule has 0 bridgehead atoms. The first-order chi connectivity index (χ1) is 26.5. The van der Waals surface area contributed by atoms with E-state index in [4.69, 9.17) is 9.05 Å². The Bertz CT molecular complexity index is 1210. The Balaban J connectivity index is 4.23. The average Bonchev–Trinajstić information content (AvgIpc) is 3.13. The molecule has 55 heavy (non-hydrogen) atoms. The summed E-state index contributed by atoms with van der Waals surface area (Å²) in [4.78, 5) is 22.9. The minimum Gasteiger partial charge on any atom is -0.387 e. The van der Waals surface area contributed by atoms with Gasteiger partial charge in [0.1, 0.15) is 13.2 Å². The van der Waals surface area contributed by atoms with E-state index in [2.05, 4.69) is 104 Å². The number of rotatable bonds is 36. The second-order valence-electron chi connectivity index (χ2n) is 15.0. The van der Waals surface area contributed by atoms with Gasteiger partial charge < -0.3 is 19.8 Å². The van der Waals surface area contributed by atoms with E-state index in [1.54, 1.807) is 6.08 Å². The van der Waals surface area contributed by atoms with Crippen molar-refractivity contribution in [1.29, 1.82) is 0 Å². The predicted octanol–water partition coefficient (Wildman–Crippen LogP) is 11.6. The Kier molecular flexibility index (Phi) is 35.3. The second kappa shape index (κ2) is 37.0. The number of phosphoric ester groups is 1. The van der Waals surface area contributed by atoms with E-state index < -0.39 is 20.0 Å².